The van der Waals surface area contributed by atoms with Gasteiger partial charge < -0.3 is 0 Å². The first-order valence-corrected chi connectivity index (χ1v) is 6.64. The van der Waals surface area contributed by atoms with E-state index in [2.05, 4.69) is 37.8 Å². The zero-order valence-corrected chi connectivity index (χ0v) is 12.2. The fourth-order valence-electron chi connectivity index (χ4n) is 1.94. The second-order valence-corrected chi connectivity index (χ2v) is 6.28. The number of carbonyl (C=O) groups is 1. The number of rotatable bonds is 6. The van der Waals surface area contributed by atoms with Crippen LogP contribution in [0.2, 0.25) is 0 Å². The molecule has 1 heterocycles. The van der Waals surface area contributed by atoms with Gasteiger partial charge >= 0.3 is 0 Å². The summed E-state index contributed by atoms with van der Waals surface area (Å²) in [5.41, 5.74) is 0.309. The Morgan fingerprint density at radius 2 is 2.00 bits per heavy atom. The van der Waals surface area contributed by atoms with Crippen molar-refractivity contribution in [3.05, 3.63) is 12.7 Å². The van der Waals surface area contributed by atoms with E-state index in [1.54, 1.807) is 13.3 Å². The van der Waals surface area contributed by atoms with Gasteiger partial charge in [-0.1, -0.05) is 27.7 Å². The van der Waals surface area contributed by atoms with E-state index in [0.717, 1.165) is 12.8 Å². The average Bonchev–Trinajstić information content (AvgIpc) is 2.74. The van der Waals surface area contributed by atoms with Crippen molar-refractivity contribution in [1.29, 1.82) is 0 Å². The molecule has 0 saturated heterocycles. The minimum Gasteiger partial charge on any atom is -0.300 e. The first-order chi connectivity index (χ1) is 8.30. The van der Waals surface area contributed by atoms with Crippen molar-refractivity contribution in [1.82, 2.24) is 14.8 Å². The SMILES string of the molecule is CC(=O)CC(CCC(C)C(C)(C)C)n1cncn1. The fraction of sp³-hybridized carbons (Fsp3) is 0.786. The van der Waals surface area contributed by atoms with Crippen LogP contribution in [0.15, 0.2) is 12.7 Å². The predicted octanol–water partition coefficient (Wildman–Crippen LogP) is 3.26. The average molecular weight is 251 g/mol. The summed E-state index contributed by atoms with van der Waals surface area (Å²) in [6.45, 7) is 10.7. The molecule has 0 spiro atoms. The molecular weight excluding hydrogens is 226 g/mol. The molecule has 0 aliphatic carbocycles. The second kappa shape index (κ2) is 6.12. The highest BCUT2D eigenvalue weighted by molar-refractivity contribution is 5.75. The first kappa shape index (κ1) is 14.9. The zero-order chi connectivity index (χ0) is 13.8. The van der Waals surface area contributed by atoms with Crippen molar-refractivity contribution < 1.29 is 4.79 Å². The molecule has 2 atom stereocenters. The summed E-state index contributed by atoms with van der Waals surface area (Å²) in [5.74, 6) is 0.828. The number of carbonyl (C=O) groups excluding carboxylic acids is 1. The lowest BCUT2D eigenvalue weighted by Gasteiger charge is -2.28. The zero-order valence-electron chi connectivity index (χ0n) is 12.2. The smallest absolute Gasteiger partial charge is 0.137 e. The number of hydrogen-bond acceptors (Lipinski definition) is 3. The summed E-state index contributed by atoms with van der Waals surface area (Å²) in [6.07, 6.45) is 5.85. The van der Waals surface area contributed by atoms with Crippen molar-refractivity contribution in [2.24, 2.45) is 11.3 Å². The highest BCUT2D eigenvalue weighted by Gasteiger charge is 2.22. The minimum atomic E-state index is 0.148. The molecule has 1 aromatic heterocycles. The van der Waals surface area contributed by atoms with Crippen LogP contribution in [0.3, 0.4) is 0 Å². The number of nitrogens with zero attached hydrogens (tertiary/aromatic N) is 3. The van der Waals surface area contributed by atoms with Gasteiger partial charge in [0.15, 0.2) is 0 Å². The van der Waals surface area contributed by atoms with Crippen LogP contribution < -0.4 is 0 Å². The Morgan fingerprint density at radius 1 is 1.33 bits per heavy atom. The third-order valence-electron chi connectivity index (χ3n) is 3.75. The van der Waals surface area contributed by atoms with Crippen molar-refractivity contribution in [2.45, 2.75) is 59.9 Å². The monoisotopic (exact) mass is 251 g/mol. The van der Waals surface area contributed by atoms with Crippen molar-refractivity contribution in [2.75, 3.05) is 0 Å². The van der Waals surface area contributed by atoms with Crippen LogP contribution in [-0.2, 0) is 4.79 Å². The molecule has 0 saturated carbocycles. The van der Waals surface area contributed by atoms with Crippen LogP contribution in [-0.4, -0.2) is 20.5 Å². The van der Waals surface area contributed by atoms with Gasteiger partial charge in [0, 0.05) is 6.42 Å². The maximum atomic E-state index is 11.3. The number of ketones is 1. The Balaban J connectivity index is 2.60. The van der Waals surface area contributed by atoms with E-state index >= 15 is 0 Å². The Bertz CT molecular complexity index is 365. The topological polar surface area (TPSA) is 47.8 Å². The predicted molar refractivity (Wildman–Crippen MR) is 72.2 cm³/mol. The van der Waals surface area contributed by atoms with Crippen LogP contribution in [0, 0.1) is 11.3 Å². The molecule has 1 aromatic rings. The van der Waals surface area contributed by atoms with Gasteiger partial charge in [0.25, 0.3) is 0 Å². The summed E-state index contributed by atoms with van der Waals surface area (Å²) in [4.78, 5) is 15.3. The van der Waals surface area contributed by atoms with Crippen molar-refractivity contribution >= 4 is 5.78 Å². The first-order valence-electron chi connectivity index (χ1n) is 6.64. The van der Waals surface area contributed by atoms with Gasteiger partial charge in [0.05, 0.1) is 6.04 Å². The molecule has 0 N–H and O–H groups in total. The van der Waals surface area contributed by atoms with Crippen LogP contribution in [0.5, 0.6) is 0 Å². The molecular formula is C14H25N3O. The van der Waals surface area contributed by atoms with E-state index < -0.39 is 0 Å². The third-order valence-corrected chi connectivity index (χ3v) is 3.75. The molecule has 0 bridgehead atoms. The molecule has 0 amide bonds. The molecule has 4 nitrogen and oxygen atoms in total. The Labute approximate surface area is 110 Å². The molecule has 0 aliphatic rings. The second-order valence-electron chi connectivity index (χ2n) is 6.28. The molecule has 0 radical (unpaired) electrons. The summed E-state index contributed by atoms with van der Waals surface area (Å²) in [7, 11) is 0. The molecule has 2 unspecified atom stereocenters. The maximum absolute atomic E-state index is 11.3. The van der Waals surface area contributed by atoms with E-state index in [9.17, 15) is 4.79 Å². The van der Waals surface area contributed by atoms with E-state index in [1.807, 2.05) is 4.68 Å². The standard InChI is InChI=1S/C14H25N3O/c1-11(14(3,4)5)6-7-13(8-12(2)18)17-10-15-9-16-17/h9-11,13H,6-8H2,1-5H3. The molecule has 102 valence electrons. The lowest BCUT2D eigenvalue weighted by atomic mass is 9.78. The maximum Gasteiger partial charge on any atom is 0.137 e. The van der Waals surface area contributed by atoms with Crippen LogP contribution in [0.1, 0.15) is 59.9 Å². The van der Waals surface area contributed by atoms with Gasteiger partial charge in [-0.15, -0.1) is 0 Å². The van der Waals surface area contributed by atoms with E-state index in [-0.39, 0.29) is 11.8 Å². The molecule has 4 heteroatoms. The lowest BCUT2D eigenvalue weighted by molar-refractivity contribution is -0.117. The van der Waals surface area contributed by atoms with Gasteiger partial charge in [-0.25, -0.2) is 9.67 Å². The number of aromatic nitrogens is 3. The Morgan fingerprint density at radius 3 is 2.44 bits per heavy atom. The number of Topliss-reactive ketones (excluding diaryl/α,β-unsaturated/α-hetero) is 1. The highest BCUT2D eigenvalue weighted by atomic mass is 16.1. The van der Waals surface area contributed by atoms with E-state index in [0.29, 0.717) is 17.8 Å². The van der Waals surface area contributed by atoms with Gasteiger partial charge in [-0.3, -0.25) is 4.79 Å². The molecule has 0 fully saturated rings. The summed E-state index contributed by atoms with van der Waals surface area (Å²) in [6, 6.07) is 0.148. The summed E-state index contributed by atoms with van der Waals surface area (Å²) < 4.78 is 1.82. The van der Waals surface area contributed by atoms with Gasteiger partial charge in [0.2, 0.25) is 0 Å². The molecule has 0 aromatic carbocycles. The summed E-state index contributed by atoms with van der Waals surface area (Å²) in [5, 5.41) is 4.16. The van der Waals surface area contributed by atoms with E-state index in [4.69, 9.17) is 0 Å². The van der Waals surface area contributed by atoms with Crippen LogP contribution in [0.25, 0.3) is 0 Å². The summed E-state index contributed by atoms with van der Waals surface area (Å²) >= 11 is 0. The largest absolute Gasteiger partial charge is 0.300 e. The number of hydrogen-bond donors (Lipinski definition) is 0. The lowest BCUT2D eigenvalue weighted by Crippen LogP contribution is -2.20. The van der Waals surface area contributed by atoms with Gasteiger partial charge in [0.1, 0.15) is 18.4 Å². The quantitative estimate of drug-likeness (QED) is 0.779. The van der Waals surface area contributed by atoms with Crippen molar-refractivity contribution in [3.63, 3.8) is 0 Å². The van der Waals surface area contributed by atoms with Gasteiger partial charge in [-0.2, -0.15) is 5.10 Å². The minimum absolute atomic E-state index is 0.148. The van der Waals surface area contributed by atoms with Crippen molar-refractivity contribution in [3.8, 4) is 0 Å². The van der Waals surface area contributed by atoms with Crippen LogP contribution in [0.4, 0.5) is 0 Å². The molecule has 0 aliphatic heterocycles. The molecule has 1 rings (SSSR count). The Kier molecular flexibility index (Phi) is 5.05. The highest BCUT2D eigenvalue weighted by Crippen LogP contribution is 2.31. The fourth-order valence-corrected chi connectivity index (χ4v) is 1.94. The van der Waals surface area contributed by atoms with E-state index in [1.165, 1.54) is 6.33 Å². The third kappa shape index (κ3) is 4.59. The van der Waals surface area contributed by atoms with Crippen LogP contribution >= 0.6 is 0 Å². The molecule has 18 heavy (non-hydrogen) atoms. The van der Waals surface area contributed by atoms with Gasteiger partial charge in [-0.05, 0) is 31.1 Å². The Hall–Kier alpha value is -1.19. The normalized spacial score (nSPS) is 15.4.